The molecule has 0 saturated heterocycles. The van der Waals surface area contributed by atoms with Crippen LogP contribution in [0.15, 0.2) is 24.3 Å². The average molecular weight is 266 g/mol. The highest BCUT2D eigenvalue weighted by Crippen LogP contribution is 2.17. The van der Waals surface area contributed by atoms with Gasteiger partial charge >= 0.3 is 0 Å². The molecule has 0 heterocycles. The van der Waals surface area contributed by atoms with Crippen molar-refractivity contribution in [1.29, 1.82) is 0 Å². The summed E-state index contributed by atoms with van der Waals surface area (Å²) in [5, 5.41) is 12.4. The Kier molecular flexibility index (Phi) is 6.32. The molecule has 0 aliphatic rings. The van der Waals surface area contributed by atoms with Gasteiger partial charge in [0.05, 0.1) is 18.3 Å². The van der Waals surface area contributed by atoms with Crippen LogP contribution in [0.4, 0.5) is 0 Å². The molecule has 1 aromatic rings. The molecule has 1 unspecified atom stereocenters. The molecule has 1 amide bonds. The molecule has 0 aromatic heterocycles. The molecular formula is C14H22N2O3. The maximum absolute atomic E-state index is 12.0. The smallest absolute Gasteiger partial charge is 0.255 e. The summed E-state index contributed by atoms with van der Waals surface area (Å²) in [5.74, 6) is 0.325. The number of amides is 1. The quantitative estimate of drug-likeness (QED) is 0.764. The number of para-hydroxylation sites is 1. The van der Waals surface area contributed by atoms with Gasteiger partial charge in [-0.25, -0.2) is 0 Å². The monoisotopic (exact) mass is 266 g/mol. The van der Waals surface area contributed by atoms with E-state index in [-0.39, 0.29) is 12.5 Å². The zero-order valence-corrected chi connectivity index (χ0v) is 11.7. The first-order valence-electron chi connectivity index (χ1n) is 6.37. The Hall–Kier alpha value is -1.59. The molecule has 0 fully saturated rings. The van der Waals surface area contributed by atoms with Crippen LogP contribution in [0.5, 0.6) is 5.75 Å². The summed E-state index contributed by atoms with van der Waals surface area (Å²) < 4.78 is 5.40. The lowest BCUT2D eigenvalue weighted by Gasteiger charge is -2.17. The number of carbonyl (C=O) groups is 1. The van der Waals surface area contributed by atoms with E-state index < -0.39 is 6.10 Å². The molecule has 2 N–H and O–H groups in total. The Bertz CT molecular complexity index is 407. The van der Waals surface area contributed by atoms with E-state index in [1.807, 2.05) is 32.0 Å². The third-order valence-electron chi connectivity index (χ3n) is 2.51. The van der Waals surface area contributed by atoms with Crippen molar-refractivity contribution in [2.75, 3.05) is 33.8 Å². The Balaban J connectivity index is 2.58. The first kappa shape index (κ1) is 15.5. The van der Waals surface area contributed by atoms with Crippen LogP contribution < -0.4 is 10.1 Å². The van der Waals surface area contributed by atoms with E-state index in [4.69, 9.17) is 4.74 Å². The number of benzene rings is 1. The number of aliphatic hydroxyl groups is 1. The minimum Gasteiger partial charge on any atom is -0.493 e. The molecule has 1 atom stereocenters. The van der Waals surface area contributed by atoms with Crippen LogP contribution in [-0.4, -0.2) is 55.8 Å². The predicted octanol–water partition coefficient (Wildman–Crippen LogP) is 0.738. The standard InChI is InChI=1S/C14H22N2O3/c1-4-19-13-8-6-5-7-12(13)14(18)15-9-11(17)10-16(2)3/h5-8,11,17H,4,9-10H2,1-3H3,(H,15,18). The summed E-state index contributed by atoms with van der Waals surface area (Å²) in [7, 11) is 3.74. The van der Waals surface area contributed by atoms with Crippen LogP contribution in [0.2, 0.25) is 0 Å². The highest BCUT2D eigenvalue weighted by molar-refractivity contribution is 5.96. The van der Waals surface area contributed by atoms with Gasteiger partial charge in [0.15, 0.2) is 0 Å². The van der Waals surface area contributed by atoms with E-state index in [0.717, 1.165) is 0 Å². The zero-order chi connectivity index (χ0) is 14.3. The van der Waals surface area contributed by atoms with Crippen molar-refractivity contribution in [2.45, 2.75) is 13.0 Å². The maximum Gasteiger partial charge on any atom is 0.255 e. The van der Waals surface area contributed by atoms with Crippen LogP contribution in [-0.2, 0) is 0 Å². The van der Waals surface area contributed by atoms with Gasteiger partial charge in [-0.1, -0.05) is 12.1 Å². The number of nitrogens with one attached hydrogen (secondary N) is 1. The second-order valence-electron chi connectivity index (χ2n) is 4.56. The largest absolute Gasteiger partial charge is 0.493 e. The van der Waals surface area contributed by atoms with Gasteiger partial charge in [-0.2, -0.15) is 0 Å². The van der Waals surface area contributed by atoms with Gasteiger partial charge in [0.25, 0.3) is 5.91 Å². The van der Waals surface area contributed by atoms with Crippen molar-refractivity contribution >= 4 is 5.91 Å². The minimum absolute atomic E-state index is 0.220. The van der Waals surface area contributed by atoms with Gasteiger partial charge in [0.1, 0.15) is 5.75 Å². The van der Waals surface area contributed by atoms with Crippen LogP contribution in [0.1, 0.15) is 17.3 Å². The average Bonchev–Trinajstić information content (AvgIpc) is 2.36. The van der Waals surface area contributed by atoms with Gasteiger partial charge in [-0.15, -0.1) is 0 Å². The summed E-state index contributed by atoms with van der Waals surface area (Å²) in [6.07, 6.45) is -0.585. The molecule has 0 radical (unpaired) electrons. The number of carbonyl (C=O) groups excluding carboxylic acids is 1. The van der Waals surface area contributed by atoms with E-state index in [1.165, 1.54) is 0 Å². The van der Waals surface area contributed by atoms with Gasteiger partial charge in [0.2, 0.25) is 0 Å². The molecule has 0 aliphatic carbocycles. The van der Waals surface area contributed by atoms with Crippen molar-refractivity contribution in [1.82, 2.24) is 10.2 Å². The van der Waals surface area contributed by atoms with E-state index in [9.17, 15) is 9.90 Å². The summed E-state index contributed by atoms with van der Waals surface area (Å²) in [6.45, 7) is 3.11. The molecule has 5 nitrogen and oxygen atoms in total. The fourth-order valence-electron chi connectivity index (χ4n) is 1.73. The van der Waals surface area contributed by atoms with Crippen LogP contribution in [0.3, 0.4) is 0 Å². The number of aliphatic hydroxyl groups excluding tert-OH is 1. The zero-order valence-electron chi connectivity index (χ0n) is 11.7. The lowest BCUT2D eigenvalue weighted by Crippen LogP contribution is -2.37. The van der Waals surface area contributed by atoms with Crippen molar-refractivity contribution in [3.63, 3.8) is 0 Å². The van der Waals surface area contributed by atoms with E-state index in [1.54, 1.807) is 18.2 Å². The number of hydrogen-bond acceptors (Lipinski definition) is 4. The number of nitrogens with zero attached hydrogens (tertiary/aromatic N) is 1. The second-order valence-corrected chi connectivity index (χ2v) is 4.56. The van der Waals surface area contributed by atoms with Crippen molar-refractivity contribution in [3.05, 3.63) is 29.8 Å². The topological polar surface area (TPSA) is 61.8 Å². The molecule has 19 heavy (non-hydrogen) atoms. The summed E-state index contributed by atoms with van der Waals surface area (Å²) >= 11 is 0. The van der Waals surface area contributed by atoms with Gasteiger partial charge in [0, 0.05) is 13.1 Å². The number of hydrogen-bond donors (Lipinski definition) is 2. The molecule has 0 aliphatic heterocycles. The predicted molar refractivity (Wildman–Crippen MR) is 74.5 cm³/mol. The van der Waals surface area contributed by atoms with Crippen molar-refractivity contribution < 1.29 is 14.6 Å². The number of likely N-dealkylation sites (N-methyl/N-ethyl adjacent to an activating group) is 1. The van der Waals surface area contributed by atoms with E-state index in [0.29, 0.717) is 24.5 Å². The van der Waals surface area contributed by atoms with Crippen molar-refractivity contribution in [2.24, 2.45) is 0 Å². The fraction of sp³-hybridized carbons (Fsp3) is 0.500. The Morgan fingerprint density at radius 3 is 2.74 bits per heavy atom. The van der Waals surface area contributed by atoms with Crippen LogP contribution in [0.25, 0.3) is 0 Å². The first-order valence-corrected chi connectivity index (χ1v) is 6.37. The summed E-state index contributed by atoms with van der Waals surface area (Å²) in [6, 6.07) is 7.07. The molecule has 1 aromatic carbocycles. The molecule has 0 bridgehead atoms. The van der Waals surface area contributed by atoms with Crippen LogP contribution >= 0.6 is 0 Å². The fourth-order valence-corrected chi connectivity index (χ4v) is 1.73. The lowest BCUT2D eigenvalue weighted by molar-refractivity contribution is 0.0889. The molecule has 0 spiro atoms. The first-order chi connectivity index (χ1) is 9.04. The Morgan fingerprint density at radius 1 is 1.42 bits per heavy atom. The molecule has 1 rings (SSSR count). The normalized spacial score (nSPS) is 12.3. The molecule has 0 saturated carbocycles. The summed E-state index contributed by atoms with van der Waals surface area (Å²) in [5.41, 5.74) is 0.487. The third-order valence-corrected chi connectivity index (χ3v) is 2.51. The highest BCUT2D eigenvalue weighted by atomic mass is 16.5. The Morgan fingerprint density at radius 2 is 2.11 bits per heavy atom. The third kappa shape index (κ3) is 5.28. The van der Waals surface area contributed by atoms with E-state index in [2.05, 4.69) is 5.32 Å². The Labute approximate surface area is 114 Å². The van der Waals surface area contributed by atoms with Gasteiger partial charge in [-0.3, -0.25) is 4.79 Å². The lowest BCUT2D eigenvalue weighted by atomic mass is 10.2. The molecule has 5 heteroatoms. The molecular weight excluding hydrogens is 244 g/mol. The summed E-state index contributed by atoms with van der Waals surface area (Å²) in [4.78, 5) is 13.9. The highest BCUT2D eigenvalue weighted by Gasteiger charge is 2.13. The second kappa shape index (κ2) is 7.76. The van der Waals surface area contributed by atoms with Gasteiger partial charge < -0.3 is 20.1 Å². The maximum atomic E-state index is 12.0. The minimum atomic E-state index is -0.585. The van der Waals surface area contributed by atoms with Crippen molar-refractivity contribution in [3.8, 4) is 5.75 Å². The SMILES string of the molecule is CCOc1ccccc1C(=O)NCC(O)CN(C)C. The van der Waals surface area contributed by atoms with E-state index >= 15 is 0 Å². The number of rotatable bonds is 7. The van der Waals surface area contributed by atoms with Gasteiger partial charge in [-0.05, 0) is 33.2 Å². The van der Waals surface area contributed by atoms with Crippen LogP contribution in [0, 0.1) is 0 Å². The molecule has 106 valence electrons. The number of ether oxygens (including phenoxy) is 1.